The van der Waals surface area contributed by atoms with Gasteiger partial charge in [-0.3, -0.25) is 4.40 Å². The Bertz CT molecular complexity index is 2930. The summed E-state index contributed by atoms with van der Waals surface area (Å²) < 4.78 is 8.89. The zero-order chi connectivity index (χ0) is 34.8. The van der Waals surface area contributed by atoms with Crippen LogP contribution in [0.15, 0.2) is 168 Å². The number of benzene rings is 6. The van der Waals surface area contributed by atoms with Gasteiger partial charge in [0.2, 0.25) is 0 Å². The second-order valence-corrected chi connectivity index (χ2v) is 13.2. The molecule has 0 fully saturated rings. The molecule has 246 valence electrons. The quantitative estimate of drug-likeness (QED) is 0.198. The molecule has 0 saturated heterocycles. The van der Waals surface area contributed by atoms with E-state index < -0.39 is 0 Å². The van der Waals surface area contributed by atoms with Gasteiger partial charge >= 0.3 is 0 Å². The summed E-state index contributed by atoms with van der Waals surface area (Å²) in [4.78, 5) is 10.7. The van der Waals surface area contributed by atoms with E-state index >= 15 is 0 Å². The van der Waals surface area contributed by atoms with E-state index in [-0.39, 0.29) is 5.75 Å². The SMILES string of the molecule is Cc1ccccc1-c1cc(-c2ccccc2O)nc(-c2cc(-c3nc4c5ccccc5ccn4c3-c3ccccc3)cc3c2oc2ccccc23)c1. The van der Waals surface area contributed by atoms with Crippen LogP contribution >= 0.6 is 0 Å². The Morgan fingerprint density at radius 2 is 1.23 bits per heavy atom. The Morgan fingerprint density at radius 1 is 0.538 bits per heavy atom. The maximum Gasteiger partial charge on any atom is 0.145 e. The molecule has 5 heteroatoms. The summed E-state index contributed by atoms with van der Waals surface area (Å²) in [5.41, 5.74) is 12.5. The topological polar surface area (TPSA) is 63.6 Å². The molecule has 0 spiro atoms. The van der Waals surface area contributed by atoms with Crippen molar-refractivity contribution in [3.63, 3.8) is 0 Å². The van der Waals surface area contributed by atoms with Gasteiger partial charge in [-0.2, -0.15) is 0 Å². The first-order valence-electron chi connectivity index (χ1n) is 17.4. The molecule has 0 aliphatic rings. The van der Waals surface area contributed by atoms with E-state index in [0.29, 0.717) is 11.3 Å². The first kappa shape index (κ1) is 29.9. The lowest BCUT2D eigenvalue weighted by molar-refractivity contribution is 0.477. The lowest BCUT2D eigenvalue weighted by atomic mass is 9.94. The zero-order valence-electron chi connectivity index (χ0n) is 28.3. The van der Waals surface area contributed by atoms with Crippen LogP contribution in [0.5, 0.6) is 5.75 Å². The first-order valence-corrected chi connectivity index (χ1v) is 17.4. The molecule has 4 aromatic heterocycles. The van der Waals surface area contributed by atoms with Crippen LogP contribution in [0.2, 0.25) is 0 Å². The number of nitrogens with zero attached hydrogens (tertiary/aromatic N) is 3. The molecule has 0 aliphatic carbocycles. The minimum atomic E-state index is 0.176. The van der Waals surface area contributed by atoms with E-state index in [1.807, 2.05) is 42.5 Å². The van der Waals surface area contributed by atoms with E-state index in [0.717, 1.165) is 88.8 Å². The number of aromatic hydroxyl groups is 1. The molecule has 0 unspecified atom stereocenters. The number of phenolic OH excluding ortho intramolecular Hbond substituents is 1. The van der Waals surface area contributed by atoms with Crippen molar-refractivity contribution in [2.45, 2.75) is 6.92 Å². The van der Waals surface area contributed by atoms with Crippen LogP contribution in [-0.4, -0.2) is 19.5 Å². The van der Waals surface area contributed by atoms with Crippen molar-refractivity contribution in [1.82, 2.24) is 14.4 Å². The molecular weight excluding hydrogens is 639 g/mol. The van der Waals surface area contributed by atoms with Crippen molar-refractivity contribution >= 4 is 38.4 Å². The van der Waals surface area contributed by atoms with E-state index in [1.165, 1.54) is 0 Å². The first-order chi connectivity index (χ1) is 25.6. The lowest BCUT2D eigenvalue weighted by Crippen LogP contribution is -1.94. The maximum absolute atomic E-state index is 11.0. The van der Waals surface area contributed by atoms with E-state index in [4.69, 9.17) is 14.4 Å². The molecule has 6 aromatic carbocycles. The van der Waals surface area contributed by atoms with Crippen LogP contribution in [0, 0.1) is 6.92 Å². The molecule has 4 heterocycles. The van der Waals surface area contributed by atoms with Crippen LogP contribution in [0.25, 0.3) is 94.5 Å². The molecule has 10 rings (SSSR count). The lowest BCUT2D eigenvalue weighted by Gasteiger charge is -2.14. The zero-order valence-corrected chi connectivity index (χ0v) is 28.3. The molecule has 0 saturated carbocycles. The van der Waals surface area contributed by atoms with Crippen LogP contribution < -0.4 is 0 Å². The average molecular weight is 670 g/mol. The summed E-state index contributed by atoms with van der Waals surface area (Å²) in [6.45, 7) is 2.12. The Morgan fingerprint density at radius 3 is 2.06 bits per heavy atom. The Labute approximate surface area is 299 Å². The van der Waals surface area contributed by atoms with Crippen molar-refractivity contribution < 1.29 is 9.52 Å². The Balaban J connectivity index is 1.31. The van der Waals surface area contributed by atoms with E-state index in [9.17, 15) is 5.11 Å². The fraction of sp³-hybridized carbons (Fsp3) is 0.0213. The van der Waals surface area contributed by atoms with Gasteiger partial charge in [-0.1, -0.05) is 109 Å². The van der Waals surface area contributed by atoms with Gasteiger partial charge in [-0.05, 0) is 77.5 Å². The van der Waals surface area contributed by atoms with E-state index in [1.54, 1.807) is 6.07 Å². The monoisotopic (exact) mass is 669 g/mol. The second kappa shape index (κ2) is 11.8. The third-order valence-corrected chi connectivity index (χ3v) is 10.1. The second-order valence-electron chi connectivity index (χ2n) is 13.2. The molecule has 0 amide bonds. The van der Waals surface area contributed by atoms with Crippen molar-refractivity contribution in [3.05, 3.63) is 169 Å². The third-order valence-electron chi connectivity index (χ3n) is 10.1. The Hall–Kier alpha value is -6.98. The van der Waals surface area contributed by atoms with Crippen LogP contribution in [0.3, 0.4) is 0 Å². The Kier molecular flexibility index (Phi) is 6.80. The summed E-state index contributed by atoms with van der Waals surface area (Å²) in [6, 6.07) is 53.4. The number of imidazole rings is 1. The van der Waals surface area contributed by atoms with Crippen LogP contribution in [-0.2, 0) is 0 Å². The van der Waals surface area contributed by atoms with Gasteiger partial charge < -0.3 is 9.52 Å². The highest BCUT2D eigenvalue weighted by molar-refractivity contribution is 6.12. The van der Waals surface area contributed by atoms with Gasteiger partial charge in [0.15, 0.2) is 0 Å². The fourth-order valence-electron chi connectivity index (χ4n) is 7.54. The molecule has 10 aromatic rings. The van der Waals surface area contributed by atoms with Crippen molar-refractivity contribution in [2.75, 3.05) is 0 Å². The van der Waals surface area contributed by atoms with Gasteiger partial charge in [0.05, 0.1) is 22.8 Å². The van der Waals surface area contributed by atoms with Crippen LogP contribution in [0.1, 0.15) is 5.56 Å². The van der Waals surface area contributed by atoms with Crippen molar-refractivity contribution in [2.24, 2.45) is 0 Å². The molecule has 1 N–H and O–H groups in total. The number of aryl methyl sites for hydroxylation is 1. The molecule has 0 aliphatic heterocycles. The largest absolute Gasteiger partial charge is 0.507 e. The minimum absolute atomic E-state index is 0.176. The number of fused-ring (bicyclic) bond motifs is 6. The summed E-state index contributed by atoms with van der Waals surface area (Å²) in [7, 11) is 0. The third kappa shape index (κ3) is 4.78. The summed E-state index contributed by atoms with van der Waals surface area (Å²) in [6.07, 6.45) is 2.12. The highest BCUT2D eigenvalue weighted by Gasteiger charge is 2.23. The van der Waals surface area contributed by atoms with Crippen LogP contribution in [0.4, 0.5) is 0 Å². The maximum atomic E-state index is 11.0. The summed E-state index contributed by atoms with van der Waals surface area (Å²) >= 11 is 0. The number of hydrogen-bond acceptors (Lipinski definition) is 4. The molecule has 5 nitrogen and oxygen atoms in total. The predicted molar refractivity (Wildman–Crippen MR) is 211 cm³/mol. The van der Waals surface area contributed by atoms with Gasteiger partial charge in [-0.15, -0.1) is 0 Å². The number of rotatable bonds is 5. The molecular formula is C47H31N3O2. The fourth-order valence-corrected chi connectivity index (χ4v) is 7.54. The number of para-hydroxylation sites is 2. The number of pyridine rings is 2. The van der Waals surface area contributed by atoms with E-state index in [2.05, 4.69) is 127 Å². The summed E-state index contributed by atoms with van der Waals surface area (Å²) in [5, 5.41) is 15.2. The van der Waals surface area contributed by atoms with Gasteiger partial charge in [0.1, 0.15) is 22.6 Å². The molecule has 0 radical (unpaired) electrons. The normalized spacial score (nSPS) is 11.6. The van der Waals surface area contributed by atoms with Crippen molar-refractivity contribution in [3.8, 4) is 61.9 Å². The highest BCUT2D eigenvalue weighted by atomic mass is 16.3. The molecule has 0 bridgehead atoms. The molecule has 52 heavy (non-hydrogen) atoms. The minimum Gasteiger partial charge on any atom is -0.507 e. The number of aromatic nitrogens is 3. The predicted octanol–water partition coefficient (Wildman–Crippen LogP) is 12.1. The van der Waals surface area contributed by atoms with Gasteiger partial charge in [0, 0.05) is 44.6 Å². The van der Waals surface area contributed by atoms with Gasteiger partial charge in [0.25, 0.3) is 0 Å². The average Bonchev–Trinajstić information content (AvgIpc) is 3.77. The highest BCUT2D eigenvalue weighted by Crippen LogP contribution is 2.43. The summed E-state index contributed by atoms with van der Waals surface area (Å²) in [5.74, 6) is 0.176. The van der Waals surface area contributed by atoms with Crippen molar-refractivity contribution in [1.29, 1.82) is 0 Å². The smallest absolute Gasteiger partial charge is 0.145 e. The number of furan rings is 1. The number of phenols is 1. The standard InChI is InChI=1S/C47H31N3O2/c1-29-13-5-7-17-34(29)32-27-40(37-20-9-11-21-42(37)51)48-41(28-32)39-26-33(25-38-36-19-10-12-22-43(36)52-46(38)39)44-45(31-15-3-2-4-16-31)50-24-23-30-14-6-8-18-35(30)47(50)49-44/h2-28,51H,1H3. The molecule has 0 atom stereocenters. The number of hydrogen-bond donors (Lipinski definition) is 1. The van der Waals surface area contributed by atoms with Gasteiger partial charge in [-0.25, -0.2) is 9.97 Å².